The molecule has 0 unspecified atom stereocenters. The molecule has 0 saturated carbocycles. The summed E-state index contributed by atoms with van der Waals surface area (Å²) in [6.07, 6.45) is 0.603. The minimum absolute atomic E-state index is 0.0338. The van der Waals surface area contributed by atoms with E-state index in [9.17, 15) is 17.9 Å². The summed E-state index contributed by atoms with van der Waals surface area (Å²) in [5, 5.41) is 9.83. The first-order valence-corrected chi connectivity index (χ1v) is 8.14. The van der Waals surface area contributed by atoms with Gasteiger partial charge >= 0.3 is 0 Å². The topological polar surface area (TPSA) is 102 Å². The molecule has 0 aliphatic carbocycles. The van der Waals surface area contributed by atoms with Crippen LogP contribution in [-0.2, 0) is 14.8 Å². The van der Waals surface area contributed by atoms with Crippen molar-refractivity contribution in [3.05, 3.63) is 23.0 Å². The zero-order valence-corrected chi connectivity index (χ0v) is 12.7. The molecule has 1 fully saturated rings. The standard InChI is InChI=1S/C12H16ClFN2O4S/c13-9-5-8(15)6-10(11(9)14)21(18,19)16-7-12(17)1-3-20-4-2-12/h5-6,16-17H,1-4,7,15H2. The van der Waals surface area contributed by atoms with Crippen molar-refractivity contribution in [1.29, 1.82) is 0 Å². The highest BCUT2D eigenvalue weighted by Gasteiger charge is 2.32. The minimum atomic E-state index is -4.16. The van der Waals surface area contributed by atoms with Crippen LogP contribution in [0.1, 0.15) is 12.8 Å². The number of nitrogens with one attached hydrogen (secondary N) is 1. The zero-order chi connectivity index (χ0) is 15.7. The number of ether oxygens (including phenoxy) is 1. The quantitative estimate of drug-likeness (QED) is 0.707. The Balaban J connectivity index is 2.19. The van der Waals surface area contributed by atoms with Gasteiger partial charge in [-0.05, 0) is 12.1 Å². The summed E-state index contributed by atoms with van der Waals surface area (Å²) in [6, 6.07) is 2.11. The Labute approximate surface area is 127 Å². The second-order valence-corrected chi connectivity index (χ2v) is 7.12. The molecule has 0 bridgehead atoms. The molecule has 0 aromatic heterocycles. The first-order chi connectivity index (χ1) is 9.73. The van der Waals surface area contributed by atoms with Gasteiger partial charge < -0.3 is 15.6 Å². The van der Waals surface area contributed by atoms with Gasteiger partial charge in [0.1, 0.15) is 4.90 Å². The number of aliphatic hydroxyl groups is 1. The summed E-state index contributed by atoms with van der Waals surface area (Å²) in [5.41, 5.74) is 4.31. The van der Waals surface area contributed by atoms with E-state index in [1.807, 2.05) is 0 Å². The second-order valence-electron chi connectivity index (χ2n) is 4.98. The Hall–Kier alpha value is -0.930. The van der Waals surface area contributed by atoms with Gasteiger partial charge in [0.25, 0.3) is 0 Å². The number of anilines is 1. The lowest BCUT2D eigenvalue weighted by atomic mass is 9.95. The molecule has 0 spiro atoms. The number of rotatable bonds is 4. The van der Waals surface area contributed by atoms with Crippen molar-refractivity contribution < 1.29 is 22.7 Å². The lowest BCUT2D eigenvalue weighted by molar-refractivity contribution is -0.0588. The molecule has 1 aliphatic heterocycles. The molecule has 21 heavy (non-hydrogen) atoms. The van der Waals surface area contributed by atoms with Crippen molar-refractivity contribution in [2.24, 2.45) is 0 Å². The molecule has 1 aromatic carbocycles. The fourth-order valence-corrected chi connectivity index (χ4v) is 3.55. The van der Waals surface area contributed by atoms with Gasteiger partial charge in [0.05, 0.1) is 10.6 Å². The third-order valence-electron chi connectivity index (χ3n) is 3.32. The number of nitrogen functional groups attached to an aromatic ring is 1. The molecule has 9 heteroatoms. The third kappa shape index (κ3) is 3.83. The highest BCUT2D eigenvalue weighted by molar-refractivity contribution is 7.89. The molecule has 1 heterocycles. The normalized spacial score (nSPS) is 18.6. The number of halogens is 2. The van der Waals surface area contributed by atoms with Crippen LogP contribution >= 0.6 is 11.6 Å². The first kappa shape index (κ1) is 16.4. The summed E-state index contributed by atoms with van der Waals surface area (Å²) in [6.45, 7) is 0.456. The highest BCUT2D eigenvalue weighted by Crippen LogP contribution is 2.26. The number of hydrogen-bond acceptors (Lipinski definition) is 5. The maximum Gasteiger partial charge on any atom is 0.243 e. The SMILES string of the molecule is Nc1cc(Cl)c(F)c(S(=O)(=O)NCC2(O)CCOCC2)c1. The Morgan fingerprint density at radius 3 is 2.67 bits per heavy atom. The Bertz CT molecular complexity index is 632. The van der Waals surface area contributed by atoms with E-state index in [1.54, 1.807) is 0 Å². The van der Waals surface area contributed by atoms with E-state index in [0.29, 0.717) is 26.1 Å². The summed E-state index contributed by atoms with van der Waals surface area (Å²) in [4.78, 5) is -0.636. The molecule has 0 amide bonds. The van der Waals surface area contributed by atoms with Gasteiger partial charge in [0.2, 0.25) is 10.0 Å². The molecule has 1 saturated heterocycles. The first-order valence-electron chi connectivity index (χ1n) is 6.28. The summed E-state index contributed by atoms with van der Waals surface area (Å²) in [7, 11) is -4.16. The van der Waals surface area contributed by atoms with E-state index in [4.69, 9.17) is 22.1 Å². The maximum absolute atomic E-state index is 13.8. The van der Waals surface area contributed by atoms with E-state index in [0.717, 1.165) is 12.1 Å². The van der Waals surface area contributed by atoms with Gasteiger partial charge in [-0.3, -0.25) is 0 Å². The zero-order valence-electron chi connectivity index (χ0n) is 11.1. The van der Waals surface area contributed by atoms with Crippen LogP contribution in [-0.4, -0.2) is 38.9 Å². The van der Waals surface area contributed by atoms with Gasteiger partial charge in [-0.1, -0.05) is 11.6 Å². The van der Waals surface area contributed by atoms with Crippen molar-refractivity contribution in [3.8, 4) is 0 Å². The molecule has 6 nitrogen and oxygen atoms in total. The van der Waals surface area contributed by atoms with Crippen molar-refractivity contribution in [2.45, 2.75) is 23.3 Å². The van der Waals surface area contributed by atoms with E-state index in [1.165, 1.54) is 0 Å². The van der Waals surface area contributed by atoms with E-state index in [-0.39, 0.29) is 17.3 Å². The van der Waals surface area contributed by atoms with Gasteiger partial charge in [-0.2, -0.15) is 0 Å². The van der Waals surface area contributed by atoms with Gasteiger partial charge in [0, 0.05) is 38.3 Å². The Morgan fingerprint density at radius 2 is 2.05 bits per heavy atom. The van der Waals surface area contributed by atoms with Gasteiger partial charge in [-0.25, -0.2) is 17.5 Å². The molecule has 4 N–H and O–H groups in total. The molecular weight excluding hydrogens is 323 g/mol. The van der Waals surface area contributed by atoms with Crippen LogP contribution < -0.4 is 10.5 Å². The number of hydrogen-bond donors (Lipinski definition) is 3. The van der Waals surface area contributed by atoms with Crippen LogP contribution in [0.4, 0.5) is 10.1 Å². The van der Waals surface area contributed by atoms with Crippen LogP contribution in [0, 0.1) is 5.82 Å². The van der Waals surface area contributed by atoms with Gasteiger partial charge in [0.15, 0.2) is 5.82 Å². The third-order valence-corrected chi connectivity index (χ3v) is 5.00. The van der Waals surface area contributed by atoms with Crippen LogP contribution in [0.2, 0.25) is 5.02 Å². The van der Waals surface area contributed by atoms with Crippen LogP contribution in [0.25, 0.3) is 0 Å². The monoisotopic (exact) mass is 338 g/mol. The molecule has 0 radical (unpaired) electrons. The average molecular weight is 339 g/mol. The van der Waals surface area contributed by atoms with Crippen molar-refractivity contribution >= 4 is 27.3 Å². The fourth-order valence-electron chi connectivity index (χ4n) is 2.01. The van der Waals surface area contributed by atoms with E-state index < -0.39 is 26.3 Å². The number of sulfonamides is 1. The van der Waals surface area contributed by atoms with E-state index >= 15 is 0 Å². The van der Waals surface area contributed by atoms with Crippen molar-refractivity contribution in [3.63, 3.8) is 0 Å². The van der Waals surface area contributed by atoms with Gasteiger partial charge in [-0.15, -0.1) is 0 Å². The minimum Gasteiger partial charge on any atom is -0.399 e. The Morgan fingerprint density at radius 1 is 1.43 bits per heavy atom. The van der Waals surface area contributed by atoms with Crippen molar-refractivity contribution in [1.82, 2.24) is 4.72 Å². The lowest BCUT2D eigenvalue weighted by Crippen LogP contribution is -2.46. The average Bonchev–Trinajstić information content (AvgIpc) is 2.42. The number of nitrogens with two attached hydrogens (primary N) is 1. The summed E-state index contributed by atoms with van der Waals surface area (Å²) in [5.74, 6) is -1.07. The molecular formula is C12H16ClFN2O4S. The molecule has 118 valence electrons. The van der Waals surface area contributed by atoms with Crippen LogP contribution in [0.5, 0.6) is 0 Å². The smallest absolute Gasteiger partial charge is 0.243 e. The second kappa shape index (κ2) is 6.05. The fraction of sp³-hybridized carbons (Fsp3) is 0.500. The molecule has 1 aromatic rings. The summed E-state index contributed by atoms with van der Waals surface area (Å²) < 4.78 is 45.4. The van der Waals surface area contributed by atoms with Crippen LogP contribution in [0.15, 0.2) is 17.0 Å². The highest BCUT2D eigenvalue weighted by atomic mass is 35.5. The predicted molar refractivity (Wildman–Crippen MR) is 76.0 cm³/mol. The summed E-state index contributed by atoms with van der Waals surface area (Å²) >= 11 is 5.59. The molecule has 0 atom stereocenters. The molecule has 1 aliphatic rings. The molecule has 2 rings (SSSR count). The maximum atomic E-state index is 13.8. The Kier molecular flexibility index (Phi) is 4.74. The van der Waals surface area contributed by atoms with Crippen LogP contribution in [0.3, 0.4) is 0 Å². The predicted octanol–water partition coefficient (Wildman–Crippen LogP) is 0.881. The number of benzene rings is 1. The largest absolute Gasteiger partial charge is 0.399 e. The van der Waals surface area contributed by atoms with E-state index in [2.05, 4.69) is 4.72 Å². The van der Waals surface area contributed by atoms with Crippen molar-refractivity contribution in [2.75, 3.05) is 25.5 Å². The lowest BCUT2D eigenvalue weighted by Gasteiger charge is -2.32.